The quantitative estimate of drug-likeness (QED) is 0.708. The first-order chi connectivity index (χ1) is 7.36. The highest BCUT2D eigenvalue weighted by Crippen LogP contribution is 2.40. The summed E-state index contributed by atoms with van der Waals surface area (Å²) in [7, 11) is 0. The van der Waals surface area contributed by atoms with Crippen molar-refractivity contribution in [2.75, 3.05) is 25.1 Å². The van der Waals surface area contributed by atoms with Gasteiger partial charge in [0.1, 0.15) is 13.2 Å². The summed E-state index contributed by atoms with van der Waals surface area (Å²) in [6, 6.07) is 1.89. The molecule has 0 aliphatic carbocycles. The van der Waals surface area contributed by atoms with Crippen LogP contribution >= 0.6 is 0 Å². The van der Waals surface area contributed by atoms with Gasteiger partial charge in [-0.05, 0) is 24.5 Å². The predicted octanol–water partition coefficient (Wildman–Crippen LogP) is 1.95. The van der Waals surface area contributed by atoms with Crippen molar-refractivity contribution in [1.82, 2.24) is 0 Å². The van der Waals surface area contributed by atoms with Crippen LogP contribution in [-0.2, 0) is 6.42 Å². The zero-order chi connectivity index (χ0) is 10.3. The molecule has 0 bridgehead atoms. The fraction of sp³-hybridized carbons (Fsp3) is 0.455. The molecule has 15 heavy (non-hydrogen) atoms. The molecule has 4 heteroatoms. The number of rotatable bonds is 0. The molecular weight excluding hydrogens is 197 g/mol. The van der Waals surface area contributed by atoms with E-state index in [4.69, 9.17) is 9.47 Å². The second-order valence-corrected chi connectivity index (χ2v) is 3.78. The molecule has 0 saturated heterocycles. The molecule has 3 nitrogen and oxygen atoms in total. The molecule has 1 aromatic carbocycles. The van der Waals surface area contributed by atoms with Gasteiger partial charge in [-0.15, -0.1) is 0 Å². The first kappa shape index (κ1) is 8.83. The van der Waals surface area contributed by atoms with Crippen LogP contribution in [0.5, 0.6) is 11.5 Å². The number of fused-ring (bicyclic) bond motifs is 2. The van der Waals surface area contributed by atoms with Gasteiger partial charge in [-0.1, -0.05) is 0 Å². The van der Waals surface area contributed by atoms with Crippen molar-refractivity contribution < 1.29 is 13.9 Å². The van der Waals surface area contributed by atoms with E-state index in [1.165, 1.54) is 0 Å². The lowest BCUT2D eigenvalue weighted by atomic mass is 10.0. The molecule has 1 N–H and O–H groups in total. The summed E-state index contributed by atoms with van der Waals surface area (Å²) in [6.07, 6.45) is 1.93. The molecule has 0 spiro atoms. The van der Waals surface area contributed by atoms with E-state index in [-0.39, 0.29) is 11.6 Å². The first-order valence-corrected chi connectivity index (χ1v) is 5.21. The second-order valence-electron chi connectivity index (χ2n) is 3.78. The molecule has 0 fully saturated rings. The molecule has 2 aliphatic rings. The normalized spacial score (nSPS) is 17.9. The molecular formula is C11H12FNO2. The minimum Gasteiger partial charge on any atom is -0.486 e. The number of ether oxygens (including phenoxy) is 2. The lowest BCUT2D eigenvalue weighted by Crippen LogP contribution is -2.20. The summed E-state index contributed by atoms with van der Waals surface area (Å²) in [6.45, 7) is 1.74. The van der Waals surface area contributed by atoms with Gasteiger partial charge in [0.15, 0.2) is 17.3 Å². The van der Waals surface area contributed by atoms with Gasteiger partial charge >= 0.3 is 0 Å². The van der Waals surface area contributed by atoms with Crippen LogP contribution in [0, 0.1) is 5.82 Å². The highest BCUT2D eigenvalue weighted by molar-refractivity contribution is 5.63. The molecule has 80 valence electrons. The first-order valence-electron chi connectivity index (χ1n) is 5.21. The average Bonchev–Trinajstić information content (AvgIpc) is 2.30. The van der Waals surface area contributed by atoms with E-state index in [0.29, 0.717) is 24.7 Å². The van der Waals surface area contributed by atoms with E-state index in [9.17, 15) is 4.39 Å². The molecule has 0 atom stereocenters. The van der Waals surface area contributed by atoms with Crippen molar-refractivity contribution >= 4 is 5.69 Å². The summed E-state index contributed by atoms with van der Waals surface area (Å²) in [5.41, 5.74) is 1.58. The van der Waals surface area contributed by atoms with Crippen LogP contribution in [-0.4, -0.2) is 19.8 Å². The van der Waals surface area contributed by atoms with Crippen LogP contribution in [0.1, 0.15) is 12.0 Å². The Bertz CT molecular complexity index is 372. The van der Waals surface area contributed by atoms with Crippen molar-refractivity contribution in [3.8, 4) is 11.5 Å². The maximum Gasteiger partial charge on any atom is 0.199 e. The Labute approximate surface area is 87.2 Å². The highest BCUT2D eigenvalue weighted by atomic mass is 19.1. The highest BCUT2D eigenvalue weighted by Gasteiger charge is 2.24. The standard InChI is InChI=1S/C11H12FNO2/c12-9-10-7(2-1-3-13-10)6-8-11(9)15-5-4-14-8/h6,13H,1-5H2. The molecule has 1 aromatic rings. The summed E-state index contributed by atoms with van der Waals surface area (Å²) >= 11 is 0. The van der Waals surface area contributed by atoms with Crippen LogP contribution in [0.2, 0.25) is 0 Å². The van der Waals surface area contributed by atoms with Crippen molar-refractivity contribution in [3.63, 3.8) is 0 Å². The predicted molar refractivity (Wildman–Crippen MR) is 54.2 cm³/mol. The minimum absolute atomic E-state index is 0.259. The second kappa shape index (κ2) is 3.29. The van der Waals surface area contributed by atoms with Gasteiger partial charge < -0.3 is 14.8 Å². The maximum absolute atomic E-state index is 14.0. The van der Waals surface area contributed by atoms with Gasteiger partial charge in [0.25, 0.3) is 0 Å². The van der Waals surface area contributed by atoms with Gasteiger partial charge in [0.2, 0.25) is 0 Å². The fourth-order valence-corrected chi connectivity index (χ4v) is 2.08. The number of hydrogen-bond acceptors (Lipinski definition) is 3. The van der Waals surface area contributed by atoms with Crippen molar-refractivity contribution in [2.24, 2.45) is 0 Å². The Hall–Kier alpha value is -1.45. The zero-order valence-corrected chi connectivity index (χ0v) is 8.31. The summed E-state index contributed by atoms with van der Waals surface area (Å²) in [5, 5.41) is 3.07. The summed E-state index contributed by atoms with van der Waals surface area (Å²) in [5.74, 6) is 0.498. The third-order valence-corrected chi connectivity index (χ3v) is 2.78. The third kappa shape index (κ3) is 1.32. The summed E-state index contributed by atoms with van der Waals surface area (Å²) < 4.78 is 24.6. The number of anilines is 1. The molecule has 2 aliphatic heterocycles. The number of nitrogens with one attached hydrogen (secondary N) is 1. The molecule has 0 saturated carbocycles. The molecule has 0 amide bonds. The van der Waals surface area contributed by atoms with Gasteiger partial charge in [-0.2, -0.15) is 0 Å². The maximum atomic E-state index is 14.0. The number of aryl methyl sites for hydroxylation is 1. The molecule has 0 unspecified atom stereocenters. The molecule has 0 radical (unpaired) electrons. The van der Waals surface area contributed by atoms with Gasteiger partial charge in [-0.25, -0.2) is 4.39 Å². The third-order valence-electron chi connectivity index (χ3n) is 2.78. The van der Waals surface area contributed by atoms with E-state index in [1.54, 1.807) is 0 Å². The van der Waals surface area contributed by atoms with Crippen molar-refractivity contribution in [2.45, 2.75) is 12.8 Å². The van der Waals surface area contributed by atoms with Crippen LogP contribution in [0.15, 0.2) is 6.07 Å². The van der Waals surface area contributed by atoms with E-state index in [1.807, 2.05) is 6.07 Å². The van der Waals surface area contributed by atoms with Crippen LogP contribution in [0.3, 0.4) is 0 Å². The minimum atomic E-state index is -0.304. The molecule has 3 rings (SSSR count). The van der Waals surface area contributed by atoms with Crippen molar-refractivity contribution in [1.29, 1.82) is 0 Å². The SMILES string of the molecule is Fc1c2c(cc3c1OCCO3)CCCN2. The smallest absolute Gasteiger partial charge is 0.199 e. The summed E-state index contributed by atoms with van der Waals surface area (Å²) in [4.78, 5) is 0. The Kier molecular flexibility index (Phi) is 1.94. The zero-order valence-electron chi connectivity index (χ0n) is 8.31. The number of benzene rings is 1. The van der Waals surface area contributed by atoms with Gasteiger partial charge in [0.05, 0.1) is 5.69 Å². The van der Waals surface area contributed by atoms with E-state index < -0.39 is 0 Å². The molecule has 2 heterocycles. The molecule has 0 aromatic heterocycles. The number of hydrogen-bond donors (Lipinski definition) is 1. The topological polar surface area (TPSA) is 30.5 Å². The van der Waals surface area contributed by atoms with E-state index >= 15 is 0 Å². The van der Waals surface area contributed by atoms with E-state index in [2.05, 4.69) is 5.32 Å². The van der Waals surface area contributed by atoms with Crippen LogP contribution in [0.4, 0.5) is 10.1 Å². The fourth-order valence-electron chi connectivity index (χ4n) is 2.08. The monoisotopic (exact) mass is 209 g/mol. The Balaban J connectivity index is 2.16. The number of halogens is 1. The van der Waals surface area contributed by atoms with Gasteiger partial charge in [0, 0.05) is 6.54 Å². The van der Waals surface area contributed by atoms with Crippen LogP contribution in [0.25, 0.3) is 0 Å². The average molecular weight is 209 g/mol. The Morgan fingerprint density at radius 1 is 1.27 bits per heavy atom. The largest absolute Gasteiger partial charge is 0.486 e. The van der Waals surface area contributed by atoms with E-state index in [0.717, 1.165) is 24.9 Å². The lowest BCUT2D eigenvalue weighted by molar-refractivity contribution is 0.164. The lowest BCUT2D eigenvalue weighted by Gasteiger charge is -2.25. The van der Waals surface area contributed by atoms with Gasteiger partial charge in [-0.3, -0.25) is 0 Å². The Morgan fingerprint density at radius 3 is 3.07 bits per heavy atom. The van der Waals surface area contributed by atoms with Crippen molar-refractivity contribution in [3.05, 3.63) is 17.4 Å². The van der Waals surface area contributed by atoms with Crippen LogP contribution < -0.4 is 14.8 Å². The Morgan fingerprint density at radius 2 is 2.13 bits per heavy atom.